The van der Waals surface area contributed by atoms with E-state index in [0.29, 0.717) is 13.2 Å². The van der Waals surface area contributed by atoms with Crippen LogP contribution in [-0.4, -0.2) is 24.8 Å². The Kier molecular flexibility index (Phi) is 3.38. The fraction of sp³-hybridized carbons (Fsp3) is 0.571. The maximum atomic E-state index is 11.1. The third-order valence-electron chi connectivity index (χ3n) is 1.56. The Labute approximate surface area is 87.0 Å². The Bertz CT molecular complexity index is 413. The van der Waals surface area contributed by atoms with Gasteiger partial charge in [-0.3, -0.25) is 4.68 Å². The maximum Gasteiger partial charge on any atom is 0.268 e. The van der Waals surface area contributed by atoms with Gasteiger partial charge in [-0.2, -0.15) is 0 Å². The second-order valence-electron chi connectivity index (χ2n) is 2.53. The van der Waals surface area contributed by atoms with Crippen molar-refractivity contribution in [3.63, 3.8) is 0 Å². The molecule has 0 saturated heterocycles. The van der Waals surface area contributed by atoms with Gasteiger partial charge in [0, 0.05) is 23.4 Å². The summed E-state index contributed by atoms with van der Waals surface area (Å²) >= 11 is 0. The minimum absolute atomic E-state index is 0.0596. The molecule has 0 atom stereocenters. The van der Waals surface area contributed by atoms with Crippen LogP contribution in [0.4, 0.5) is 0 Å². The third kappa shape index (κ3) is 2.39. The lowest BCUT2D eigenvalue weighted by Gasteiger charge is -1.98. The van der Waals surface area contributed by atoms with E-state index in [1.165, 1.54) is 10.9 Å². The average Bonchev–Trinajstić information content (AvgIpc) is 2.48. The predicted molar refractivity (Wildman–Crippen MR) is 52.1 cm³/mol. The van der Waals surface area contributed by atoms with E-state index in [4.69, 9.17) is 15.4 Å². The molecule has 0 spiro atoms. The molecule has 5 nitrogen and oxygen atoms in total. The minimum atomic E-state index is -3.78. The predicted octanol–water partition coefficient (Wildman–Crippen LogP) is 1.23. The van der Waals surface area contributed by atoms with Gasteiger partial charge in [-0.15, -0.1) is 5.10 Å². The van der Waals surface area contributed by atoms with Gasteiger partial charge >= 0.3 is 0 Å². The van der Waals surface area contributed by atoms with E-state index in [1.807, 2.05) is 6.92 Å². The number of rotatable bonds is 4. The van der Waals surface area contributed by atoms with E-state index in [2.05, 4.69) is 5.10 Å². The lowest BCUT2D eigenvalue weighted by atomic mass is 10.6. The van der Waals surface area contributed by atoms with Crippen molar-refractivity contribution in [3.8, 4) is 5.88 Å². The molecular weight excluding hydrogens is 228 g/mol. The van der Waals surface area contributed by atoms with Crippen molar-refractivity contribution >= 4 is 19.7 Å². The standard InChI is InChI=1S/C7H11ClN2O3S/c1-3-10-5-6(14(8,11)12)7(9-10)13-4-2/h5H,3-4H2,1-2H3. The number of aromatic nitrogens is 2. The van der Waals surface area contributed by atoms with Crippen LogP contribution in [0.25, 0.3) is 0 Å². The topological polar surface area (TPSA) is 61.2 Å². The van der Waals surface area contributed by atoms with Crippen LogP contribution in [-0.2, 0) is 15.6 Å². The molecule has 0 aliphatic carbocycles. The van der Waals surface area contributed by atoms with Crippen LogP contribution < -0.4 is 4.74 Å². The van der Waals surface area contributed by atoms with Gasteiger partial charge in [0.15, 0.2) is 4.90 Å². The maximum absolute atomic E-state index is 11.1. The molecule has 0 aromatic carbocycles. The molecule has 1 aromatic heterocycles. The van der Waals surface area contributed by atoms with Gasteiger partial charge in [0.1, 0.15) is 0 Å². The molecule has 0 radical (unpaired) electrons. The van der Waals surface area contributed by atoms with Crippen molar-refractivity contribution in [2.75, 3.05) is 6.61 Å². The summed E-state index contributed by atoms with van der Waals surface area (Å²) in [6.45, 7) is 4.50. The first-order chi connectivity index (χ1) is 6.49. The molecule has 14 heavy (non-hydrogen) atoms. The minimum Gasteiger partial charge on any atom is -0.476 e. The zero-order valence-electron chi connectivity index (χ0n) is 7.90. The van der Waals surface area contributed by atoms with Gasteiger partial charge in [0.2, 0.25) is 0 Å². The van der Waals surface area contributed by atoms with Crippen molar-refractivity contribution in [1.82, 2.24) is 9.78 Å². The molecule has 0 N–H and O–H groups in total. The van der Waals surface area contributed by atoms with E-state index in [-0.39, 0.29) is 10.8 Å². The lowest BCUT2D eigenvalue weighted by molar-refractivity contribution is 0.314. The molecule has 1 rings (SSSR count). The largest absolute Gasteiger partial charge is 0.476 e. The quantitative estimate of drug-likeness (QED) is 0.741. The molecule has 1 aromatic rings. The first-order valence-electron chi connectivity index (χ1n) is 4.14. The number of halogens is 1. The van der Waals surface area contributed by atoms with E-state index >= 15 is 0 Å². The van der Waals surface area contributed by atoms with Gasteiger partial charge in [-0.25, -0.2) is 8.42 Å². The van der Waals surface area contributed by atoms with Crippen molar-refractivity contribution < 1.29 is 13.2 Å². The fourth-order valence-corrected chi connectivity index (χ4v) is 1.82. The Balaban J connectivity index is 3.19. The molecular formula is C7H11ClN2O3S. The summed E-state index contributed by atoms with van der Waals surface area (Å²) in [6.07, 6.45) is 1.35. The molecule has 0 fully saturated rings. The van der Waals surface area contributed by atoms with Crippen LogP contribution >= 0.6 is 10.7 Å². The van der Waals surface area contributed by atoms with Crippen molar-refractivity contribution in [2.24, 2.45) is 0 Å². The Morgan fingerprint density at radius 3 is 2.64 bits per heavy atom. The Hall–Kier alpha value is -0.750. The van der Waals surface area contributed by atoms with Gasteiger partial charge in [-0.05, 0) is 13.8 Å². The first-order valence-corrected chi connectivity index (χ1v) is 6.44. The fourth-order valence-electron chi connectivity index (χ4n) is 0.951. The number of hydrogen-bond acceptors (Lipinski definition) is 4. The molecule has 0 aliphatic heterocycles. The molecule has 1 heterocycles. The molecule has 7 heteroatoms. The van der Waals surface area contributed by atoms with E-state index < -0.39 is 9.05 Å². The van der Waals surface area contributed by atoms with E-state index in [0.717, 1.165) is 0 Å². The zero-order chi connectivity index (χ0) is 10.8. The summed E-state index contributed by atoms with van der Waals surface area (Å²) in [7, 11) is 1.43. The third-order valence-corrected chi connectivity index (χ3v) is 2.87. The summed E-state index contributed by atoms with van der Waals surface area (Å²) < 4.78 is 28.7. The van der Waals surface area contributed by atoms with Crippen molar-refractivity contribution in [2.45, 2.75) is 25.3 Å². The Morgan fingerprint density at radius 2 is 2.21 bits per heavy atom. The number of aryl methyl sites for hydroxylation is 1. The number of hydrogen-bond donors (Lipinski definition) is 0. The summed E-state index contributed by atoms with van der Waals surface area (Å²) in [5, 5.41) is 3.92. The first kappa shape index (κ1) is 11.3. The van der Waals surface area contributed by atoms with Crippen LogP contribution in [0, 0.1) is 0 Å². The SMILES string of the molecule is CCOc1nn(CC)cc1S(=O)(=O)Cl. The Morgan fingerprint density at radius 1 is 1.57 bits per heavy atom. The highest BCUT2D eigenvalue weighted by molar-refractivity contribution is 8.13. The highest BCUT2D eigenvalue weighted by Gasteiger charge is 2.21. The van der Waals surface area contributed by atoms with Crippen LogP contribution in [0.1, 0.15) is 13.8 Å². The van der Waals surface area contributed by atoms with Gasteiger partial charge < -0.3 is 4.74 Å². The van der Waals surface area contributed by atoms with Crippen LogP contribution in [0.3, 0.4) is 0 Å². The number of nitrogens with zero attached hydrogens (tertiary/aromatic N) is 2. The highest BCUT2D eigenvalue weighted by Crippen LogP contribution is 2.25. The van der Waals surface area contributed by atoms with Gasteiger partial charge in [0.25, 0.3) is 14.9 Å². The second-order valence-corrected chi connectivity index (χ2v) is 5.06. The van der Waals surface area contributed by atoms with Crippen LogP contribution in [0.5, 0.6) is 5.88 Å². The van der Waals surface area contributed by atoms with Crippen LogP contribution in [0.2, 0.25) is 0 Å². The van der Waals surface area contributed by atoms with Crippen molar-refractivity contribution in [3.05, 3.63) is 6.20 Å². The van der Waals surface area contributed by atoms with E-state index in [9.17, 15) is 8.42 Å². The molecule has 0 amide bonds. The van der Waals surface area contributed by atoms with Crippen LogP contribution in [0.15, 0.2) is 11.1 Å². The summed E-state index contributed by atoms with van der Waals surface area (Å²) in [6, 6.07) is 0. The number of ether oxygens (including phenoxy) is 1. The molecule has 0 bridgehead atoms. The molecule has 0 unspecified atom stereocenters. The molecule has 80 valence electrons. The highest BCUT2D eigenvalue weighted by atomic mass is 35.7. The smallest absolute Gasteiger partial charge is 0.268 e. The van der Waals surface area contributed by atoms with E-state index in [1.54, 1.807) is 6.92 Å². The normalized spacial score (nSPS) is 11.6. The summed E-state index contributed by atoms with van der Waals surface area (Å²) in [4.78, 5) is -0.0807. The molecule has 0 aliphatic rings. The average molecular weight is 239 g/mol. The van der Waals surface area contributed by atoms with Gasteiger partial charge in [-0.1, -0.05) is 0 Å². The van der Waals surface area contributed by atoms with Crippen molar-refractivity contribution in [1.29, 1.82) is 0 Å². The summed E-state index contributed by atoms with van der Waals surface area (Å²) in [5.41, 5.74) is 0. The monoisotopic (exact) mass is 238 g/mol. The lowest BCUT2D eigenvalue weighted by Crippen LogP contribution is -1.98. The zero-order valence-corrected chi connectivity index (χ0v) is 9.47. The summed E-state index contributed by atoms with van der Waals surface area (Å²) in [5.74, 6) is 0.0596. The molecule has 0 saturated carbocycles. The van der Waals surface area contributed by atoms with Gasteiger partial charge in [0.05, 0.1) is 6.61 Å². The second kappa shape index (κ2) is 4.18.